The first kappa shape index (κ1) is 11.0. The second-order valence-electron chi connectivity index (χ2n) is 3.77. The molecule has 0 N–H and O–H groups in total. The van der Waals surface area contributed by atoms with Gasteiger partial charge in [-0.3, -0.25) is 0 Å². The Hall–Kier alpha value is -0.471. The van der Waals surface area contributed by atoms with Gasteiger partial charge in [-0.05, 0) is 0 Å². The van der Waals surface area contributed by atoms with Gasteiger partial charge in [-0.15, -0.1) is 0 Å². The third kappa shape index (κ3) is 2.76. The van der Waals surface area contributed by atoms with Crippen LogP contribution in [0.1, 0.15) is 12.0 Å². The van der Waals surface area contributed by atoms with Crippen molar-refractivity contribution in [2.75, 3.05) is 0 Å². The van der Waals surface area contributed by atoms with Gasteiger partial charge in [0.25, 0.3) is 0 Å². The van der Waals surface area contributed by atoms with E-state index >= 15 is 0 Å². The van der Waals surface area contributed by atoms with Crippen LogP contribution in [-0.2, 0) is 6.42 Å². The number of benzene rings is 1. The van der Waals surface area contributed by atoms with E-state index in [9.17, 15) is 13.2 Å². The van der Waals surface area contributed by atoms with Gasteiger partial charge in [0.15, 0.2) is 0 Å². The molecule has 1 aromatic carbocycles. The number of hydrogen-bond donors (Lipinski definition) is 0. The number of alkyl halides is 3. The molecule has 1 atom stereocenters. The van der Waals surface area contributed by atoms with Crippen LogP contribution in [0.4, 0.5) is 13.2 Å². The molecule has 1 heterocycles. The second kappa shape index (κ2) is 4.18. The van der Waals surface area contributed by atoms with Gasteiger partial charge in [-0.1, -0.05) is 0 Å². The first-order valence-corrected chi connectivity index (χ1v) is 8.55. The quantitative estimate of drug-likeness (QED) is 0.694. The van der Waals surface area contributed by atoms with Crippen LogP contribution in [-0.4, -0.2) is 20.1 Å². The molecule has 4 heteroatoms. The molecule has 1 aliphatic heterocycles. The van der Waals surface area contributed by atoms with Crippen LogP contribution in [0.15, 0.2) is 24.3 Å². The molecule has 1 aromatic rings. The molecule has 0 nitrogen and oxygen atoms in total. The van der Waals surface area contributed by atoms with Crippen LogP contribution < -0.4 is 4.46 Å². The molecule has 0 aliphatic carbocycles. The van der Waals surface area contributed by atoms with Crippen molar-refractivity contribution in [3.8, 4) is 0 Å². The fourth-order valence-corrected chi connectivity index (χ4v) is 7.09. The van der Waals surface area contributed by atoms with Crippen molar-refractivity contribution in [1.82, 2.24) is 0 Å². The van der Waals surface area contributed by atoms with E-state index in [1.807, 2.05) is 24.3 Å². The summed E-state index contributed by atoms with van der Waals surface area (Å²) in [5, 5.41) is 0.278. The molecule has 0 fully saturated rings. The zero-order valence-corrected chi connectivity index (χ0v) is 10.1. The van der Waals surface area contributed by atoms with E-state index in [0.717, 1.165) is 28.2 Å². The molecule has 0 spiro atoms. The van der Waals surface area contributed by atoms with Gasteiger partial charge < -0.3 is 0 Å². The fourth-order valence-electron chi connectivity index (χ4n) is 1.99. The summed E-state index contributed by atoms with van der Waals surface area (Å²) in [4.78, 5) is 0. The van der Waals surface area contributed by atoms with Crippen molar-refractivity contribution in [3.05, 3.63) is 29.8 Å². The zero-order valence-electron chi connectivity index (χ0n) is 8.22. The molecule has 0 amide bonds. The SMILES string of the molecule is FC(F)(F)C[SeH]1CCCc2ccccc21. The van der Waals surface area contributed by atoms with E-state index in [1.165, 1.54) is 0 Å². The second-order valence-corrected chi connectivity index (χ2v) is 8.65. The molecular formula is C11H13F3Se. The van der Waals surface area contributed by atoms with Gasteiger partial charge in [0.2, 0.25) is 0 Å². The van der Waals surface area contributed by atoms with Crippen LogP contribution in [0.3, 0.4) is 0 Å². The van der Waals surface area contributed by atoms with Gasteiger partial charge in [-0.25, -0.2) is 0 Å². The first-order valence-electron chi connectivity index (χ1n) is 4.96. The van der Waals surface area contributed by atoms with Crippen molar-refractivity contribution >= 4 is 18.4 Å². The topological polar surface area (TPSA) is 0 Å². The summed E-state index contributed by atoms with van der Waals surface area (Å²) >= 11 is -1.85. The van der Waals surface area contributed by atoms with Crippen LogP contribution in [0.2, 0.25) is 10.6 Å². The predicted octanol–water partition coefficient (Wildman–Crippen LogP) is 2.63. The van der Waals surface area contributed by atoms with Gasteiger partial charge in [0, 0.05) is 0 Å². The number of rotatable bonds is 1. The third-order valence-electron chi connectivity index (χ3n) is 2.58. The van der Waals surface area contributed by atoms with Crippen LogP contribution >= 0.6 is 0 Å². The molecule has 1 aliphatic rings. The molecule has 1 unspecified atom stereocenters. The molecule has 0 saturated heterocycles. The molecule has 2 rings (SSSR count). The third-order valence-corrected chi connectivity index (χ3v) is 8.27. The van der Waals surface area contributed by atoms with Crippen molar-refractivity contribution in [2.45, 2.75) is 29.7 Å². The number of hydrogen-bond acceptors (Lipinski definition) is 0. The molecular weight excluding hydrogens is 268 g/mol. The van der Waals surface area contributed by atoms with Gasteiger partial charge >= 0.3 is 91.0 Å². The first-order chi connectivity index (χ1) is 7.06. The van der Waals surface area contributed by atoms with Crippen LogP contribution in [0.25, 0.3) is 0 Å². The number of halogens is 3. The van der Waals surface area contributed by atoms with E-state index in [1.54, 1.807) is 0 Å². The Balaban J connectivity index is 2.22. The Morgan fingerprint density at radius 2 is 1.93 bits per heavy atom. The summed E-state index contributed by atoms with van der Waals surface area (Å²) < 4.78 is 38.2. The van der Waals surface area contributed by atoms with Crippen molar-refractivity contribution < 1.29 is 13.2 Å². The standard InChI is InChI=1S/C11H13F3Se/c12-11(13,14)8-15-7-3-5-9-4-1-2-6-10(9)15/h1-2,4,6,15H,3,5,7-8H2. The van der Waals surface area contributed by atoms with Crippen molar-refractivity contribution in [2.24, 2.45) is 0 Å². The Morgan fingerprint density at radius 1 is 1.20 bits per heavy atom. The zero-order chi connectivity index (χ0) is 10.9. The summed E-state index contributed by atoms with van der Waals surface area (Å²) in [6.07, 6.45) is -2.09. The van der Waals surface area contributed by atoms with E-state index in [4.69, 9.17) is 0 Å². The Labute approximate surface area is 91.4 Å². The average molecular weight is 281 g/mol. The van der Waals surface area contributed by atoms with E-state index in [2.05, 4.69) is 0 Å². The Bertz CT molecular complexity index is 346. The molecule has 84 valence electrons. The summed E-state index contributed by atoms with van der Waals surface area (Å²) in [6, 6.07) is 7.67. The number of fused-ring (bicyclic) bond motifs is 1. The molecule has 0 saturated carbocycles. The molecule has 15 heavy (non-hydrogen) atoms. The Morgan fingerprint density at radius 3 is 2.67 bits per heavy atom. The minimum atomic E-state index is -3.98. The predicted molar refractivity (Wildman–Crippen MR) is 57.2 cm³/mol. The van der Waals surface area contributed by atoms with Gasteiger partial charge in [0.1, 0.15) is 0 Å². The van der Waals surface area contributed by atoms with Gasteiger partial charge in [-0.2, -0.15) is 0 Å². The van der Waals surface area contributed by atoms with Gasteiger partial charge in [0.05, 0.1) is 0 Å². The van der Waals surface area contributed by atoms with Crippen LogP contribution in [0.5, 0.6) is 0 Å². The summed E-state index contributed by atoms with van der Waals surface area (Å²) in [6.45, 7) is 0. The van der Waals surface area contributed by atoms with E-state index in [0.29, 0.717) is 0 Å². The van der Waals surface area contributed by atoms with E-state index in [-0.39, 0.29) is 0 Å². The summed E-state index contributed by atoms with van der Waals surface area (Å²) in [7, 11) is 0. The maximum absolute atomic E-state index is 12.4. The van der Waals surface area contributed by atoms with Crippen LogP contribution in [0, 0.1) is 0 Å². The molecule has 0 bridgehead atoms. The molecule has 0 radical (unpaired) electrons. The van der Waals surface area contributed by atoms with Crippen molar-refractivity contribution in [3.63, 3.8) is 0 Å². The summed E-state index contributed by atoms with van der Waals surface area (Å²) in [5.41, 5.74) is 1.16. The molecule has 0 aromatic heterocycles. The Kier molecular flexibility index (Phi) is 3.08. The fraction of sp³-hybridized carbons (Fsp3) is 0.455. The van der Waals surface area contributed by atoms with E-state index < -0.39 is 25.4 Å². The average Bonchev–Trinajstić information content (AvgIpc) is 2.16. The van der Waals surface area contributed by atoms with Crippen molar-refractivity contribution in [1.29, 1.82) is 0 Å². The normalized spacial score (nSPS) is 23.5. The maximum atomic E-state index is 12.4. The number of aryl methyl sites for hydroxylation is 1. The summed E-state index contributed by atoms with van der Waals surface area (Å²) in [5.74, 6) is 0. The minimum absolute atomic E-state index is 0.531. The monoisotopic (exact) mass is 282 g/mol.